The average Bonchev–Trinajstić information content (AvgIpc) is 3.16. The molecule has 4 nitrogen and oxygen atoms in total. The van der Waals surface area contributed by atoms with Crippen LogP contribution in [0.5, 0.6) is 0 Å². The van der Waals surface area contributed by atoms with Crippen LogP contribution in [-0.2, 0) is 11.3 Å². The van der Waals surface area contributed by atoms with Gasteiger partial charge in [0.25, 0.3) is 0 Å². The van der Waals surface area contributed by atoms with E-state index in [4.69, 9.17) is 16.3 Å². The summed E-state index contributed by atoms with van der Waals surface area (Å²) in [6, 6.07) is 3.98. The van der Waals surface area contributed by atoms with Gasteiger partial charge in [0.2, 0.25) is 0 Å². The molecule has 1 fully saturated rings. The fourth-order valence-corrected chi connectivity index (χ4v) is 3.04. The molecule has 6 heteroatoms. The van der Waals surface area contributed by atoms with Gasteiger partial charge in [-0.05, 0) is 30.9 Å². The van der Waals surface area contributed by atoms with Crippen LogP contribution in [0.3, 0.4) is 0 Å². The van der Waals surface area contributed by atoms with Crippen LogP contribution in [0, 0.1) is 5.92 Å². The first-order valence-electron chi connectivity index (χ1n) is 6.92. The third kappa shape index (κ3) is 5.31. The summed E-state index contributed by atoms with van der Waals surface area (Å²) in [5.41, 5.74) is 0. The van der Waals surface area contributed by atoms with Crippen molar-refractivity contribution < 1.29 is 4.74 Å². The van der Waals surface area contributed by atoms with E-state index in [9.17, 15) is 0 Å². The highest BCUT2D eigenvalue weighted by Gasteiger charge is 2.20. The van der Waals surface area contributed by atoms with Crippen LogP contribution >= 0.6 is 22.9 Å². The SMILES string of the molecule is CN=C(NCCOCC1CC1)N(C)Cc1ccc(Cl)s1. The Bertz CT molecular complexity index is 445. The number of guanidine groups is 1. The zero-order chi connectivity index (χ0) is 14.4. The standard InChI is InChI=1S/C14H22ClN3OS/c1-16-14(17-7-8-19-10-11-3-4-11)18(2)9-12-5-6-13(15)20-12/h5-6,11H,3-4,7-10H2,1-2H3,(H,16,17). The van der Waals surface area contributed by atoms with E-state index in [2.05, 4.69) is 21.3 Å². The van der Waals surface area contributed by atoms with E-state index in [0.29, 0.717) is 0 Å². The van der Waals surface area contributed by atoms with Crippen LogP contribution in [0.2, 0.25) is 4.34 Å². The molecule has 0 spiro atoms. The minimum Gasteiger partial charge on any atom is -0.379 e. The van der Waals surface area contributed by atoms with E-state index in [0.717, 1.165) is 42.5 Å². The second kappa shape index (κ2) is 7.86. The van der Waals surface area contributed by atoms with Gasteiger partial charge in [0.1, 0.15) is 0 Å². The predicted molar refractivity (Wildman–Crippen MR) is 85.7 cm³/mol. The molecular weight excluding hydrogens is 294 g/mol. The van der Waals surface area contributed by atoms with E-state index in [-0.39, 0.29) is 0 Å². The number of ether oxygens (including phenoxy) is 1. The van der Waals surface area contributed by atoms with Crippen LogP contribution in [0.25, 0.3) is 0 Å². The van der Waals surface area contributed by atoms with Gasteiger partial charge in [-0.2, -0.15) is 0 Å². The molecule has 1 aromatic rings. The van der Waals surface area contributed by atoms with E-state index in [1.54, 1.807) is 18.4 Å². The average molecular weight is 316 g/mol. The number of hydrogen-bond donors (Lipinski definition) is 1. The third-order valence-electron chi connectivity index (χ3n) is 3.18. The monoisotopic (exact) mass is 315 g/mol. The Morgan fingerprint density at radius 1 is 1.55 bits per heavy atom. The number of aliphatic imine (C=N–C) groups is 1. The van der Waals surface area contributed by atoms with Crippen molar-refractivity contribution in [3.05, 3.63) is 21.3 Å². The third-order valence-corrected chi connectivity index (χ3v) is 4.39. The van der Waals surface area contributed by atoms with Gasteiger partial charge < -0.3 is 15.0 Å². The Morgan fingerprint density at radius 2 is 2.35 bits per heavy atom. The van der Waals surface area contributed by atoms with Gasteiger partial charge in [-0.15, -0.1) is 11.3 Å². The molecule has 1 heterocycles. The molecule has 1 aliphatic carbocycles. The zero-order valence-electron chi connectivity index (χ0n) is 12.1. The van der Waals surface area contributed by atoms with Gasteiger partial charge >= 0.3 is 0 Å². The van der Waals surface area contributed by atoms with Crippen LogP contribution < -0.4 is 5.32 Å². The largest absolute Gasteiger partial charge is 0.379 e. The van der Waals surface area contributed by atoms with Gasteiger partial charge in [-0.3, -0.25) is 4.99 Å². The number of nitrogens with zero attached hydrogens (tertiary/aromatic N) is 2. The van der Waals surface area contributed by atoms with Crippen molar-refractivity contribution in [2.75, 3.05) is 33.9 Å². The van der Waals surface area contributed by atoms with Crippen LogP contribution in [0.4, 0.5) is 0 Å². The Labute approximate surface area is 129 Å². The number of hydrogen-bond acceptors (Lipinski definition) is 3. The smallest absolute Gasteiger partial charge is 0.193 e. The van der Waals surface area contributed by atoms with Crippen LogP contribution in [0.1, 0.15) is 17.7 Å². The lowest BCUT2D eigenvalue weighted by atomic mass is 10.4. The fraction of sp³-hybridized carbons (Fsp3) is 0.643. The second-order valence-electron chi connectivity index (χ2n) is 5.05. The summed E-state index contributed by atoms with van der Waals surface area (Å²) >= 11 is 7.55. The van der Waals surface area contributed by atoms with Gasteiger partial charge in [-0.25, -0.2) is 0 Å². The Kier molecular flexibility index (Phi) is 6.13. The highest BCUT2D eigenvalue weighted by atomic mass is 35.5. The molecule has 0 radical (unpaired) electrons. The Balaban J connectivity index is 1.66. The quantitative estimate of drug-likeness (QED) is 0.477. The number of halogens is 1. The maximum Gasteiger partial charge on any atom is 0.193 e. The molecule has 0 aromatic carbocycles. The number of rotatable bonds is 7. The highest BCUT2D eigenvalue weighted by Crippen LogP contribution is 2.28. The molecule has 0 atom stereocenters. The summed E-state index contributed by atoms with van der Waals surface area (Å²) in [6.45, 7) is 3.23. The summed E-state index contributed by atoms with van der Waals surface area (Å²) in [5.74, 6) is 1.70. The molecule has 112 valence electrons. The Morgan fingerprint density at radius 3 is 2.95 bits per heavy atom. The van der Waals surface area contributed by atoms with Crippen molar-refractivity contribution >= 4 is 28.9 Å². The highest BCUT2D eigenvalue weighted by molar-refractivity contribution is 7.16. The van der Waals surface area contributed by atoms with Gasteiger partial charge in [0.05, 0.1) is 17.5 Å². The maximum absolute atomic E-state index is 5.94. The topological polar surface area (TPSA) is 36.9 Å². The van der Waals surface area contributed by atoms with E-state index in [1.165, 1.54) is 17.7 Å². The van der Waals surface area contributed by atoms with E-state index in [1.807, 2.05) is 13.1 Å². The lowest BCUT2D eigenvalue weighted by molar-refractivity contribution is 0.128. The lowest BCUT2D eigenvalue weighted by Gasteiger charge is -2.21. The first-order chi connectivity index (χ1) is 9.69. The van der Waals surface area contributed by atoms with Crippen LogP contribution in [0.15, 0.2) is 17.1 Å². The zero-order valence-corrected chi connectivity index (χ0v) is 13.6. The van der Waals surface area contributed by atoms with Gasteiger partial charge in [-0.1, -0.05) is 11.6 Å². The molecule has 0 amide bonds. The lowest BCUT2D eigenvalue weighted by Crippen LogP contribution is -2.39. The maximum atomic E-state index is 5.94. The van der Waals surface area contributed by atoms with E-state index >= 15 is 0 Å². The minimum atomic E-state index is 0.730. The molecule has 1 aliphatic rings. The first-order valence-corrected chi connectivity index (χ1v) is 8.12. The van der Waals surface area contributed by atoms with Crippen LogP contribution in [-0.4, -0.2) is 44.7 Å². The van der Waals surface area contributed by atoms with Crippen molar-refractivity contribution in [1.29, 1.82) is 0 Å². The summed E-state index contributed by atoms with van der Waals surface area (Å²) < 4.78 is 6.43. The van der Waals surface area contributed by atoms with Crippen molar-refractivity contribution in [3.8, 4) is 0 Å². The molecule has 20 heavy (non-hydrogen) atoms. The summed E-state index contributed by atoms with van der Waals surface area (Å²) in [7, 11) is 3.82. The first kappa shape index (κ1) is 15.6. The molecule has 0 bridgehead atoms. The number of thiophene rings is 1. The molecule has 2 rings (SSSR count). The van der Waals surface area contributed by atoms with Gasteiger partial charge in [0.15, 0.2) is 5.96 Å². The summed E-state index contributed by atoms with van der Waals surface area (Å²) in [5, 5.41) is 3.31. The predicted octanol–water partition coefficient (Wildman–Crippen LogP) is 2.84. The van der Waals surface area contributed by atoms with Crippen molar-refractivity contribution in [1.82, 2.24) is 10.2 Å². The Hall–Kier alpha value is -0.780. The fourth-order valence-electron chi connectivity index (χ4n) is 1.90. The molecule has 0 unspecified atom stereocenters. The van der Waals surface area contributed by atoms with Gasteiger partial charge in [0, 0.05) is 32.1 Å². The van der Waals surface area contributed by atoms with E-state index < -0.39 is 0 Å². The molecule has 0 aliphatic heterocycles. The molecule has 1 N–H and O–H groups in total. The molecule has 1 saturated carbocycles. The summed E-state index contributed by atoms with van der Waals surface area (Å²) in [4.78, 5) is 7.60. The molecule has 0 saturated heterocycles. The normalized spacial score (nSPS) is 15.4. The molecular formula is C14H22ClN3OS. The van der Waals surface area contributed by atoms with Crippen molar-refractivity contribution in [2.45, 2.75) is 19.4 Å². The molecule has 1 aromatic heterocycles. The number of nitrogens with one attached hydrogen (secondary N) is 1. The van der Waals surface area contributed by atoms with Crippen molar-refractivity contribution in [3.63, 3.8) is 0 Å². The summed E-state index contributed by atoms with van der Waals surface area (Å²) in [6.07, 6.45) is 2.67. The second-order valence-corrected chi connectivity index (χ2v) is 6.85. The minimum absolute atomic E-state index is 0.730. The van der Waals surface area contributed by atoms with Crippen molar-refractivity contribution in [2.24, 2.45) is 10.9 Å².